The van der Waals surface area contributed by atoms with Crippen molar-refractivity contribution in [2.45, 2.75) is 31.1 Å². The molecule has 1 aromatic carbocycles. The molecule has 160 valence electrons. The summed E-state index contributed by atoms with van der Waals surface area (Å²) < 4.78 is 10.8. The Hall–Kier alpha value is -2.54. The first kappa shape index (κ1) is 22.2. The third kappa shape index (κ3) is 5.53. The molecule has 0 saturated carbocycles. The lowest BCUT2D eigenvalue weighted by Gasteiger charge is -2.41. The molecule has 0 bridgehead atoms. The van der Waals surface area contributed by atoms with Gasteiger partial charge in [-0.25, -0.2) is 0 Å². The van der Waals surface area contributed by atoms with Crippen molar-refractivity contribution < 1.29 is 19.1 Å². The van der Waals surface area contributed by atoms with Crippen molar-refractivity contribution in [3.63, 3.8) is 0 Å². The van der Waals surface area contributed by atoms with Crippen molar-refractivity contribution in [3.05, 3.63) is 54.4 Å². The van der Waals surface area contributed by atoms with E-state index in [4.69, 9.17) is 9.47 Å². The molecule has 0 N–H and O–H groups in total. The van der Waals surface area contributed by atoms with Gasteiger partial charge in [-0.2, -0.15) is 0 Å². The predicted molar refractivity (Wildman–Crippen MR) is 117 cm³/mol. The Labute approximate surface area is 182 Å². The van der Waals surface area contributed by atoms with Crippen molar-refractivity contribution in [3.8, 4) is 5.75 Å². The Kier molecular flexibility index (Phi) is 7.74. The molecule has 2 aromatic rings. The number of ether oxygens (including phenoxy) is 2. The van der Waals surface area contributed by atoms with E-state index >= 15 is 0 Å². The first-order valence-electron chi connectivity index (χ1n) is 10.2. The van der Waals surface area contributed by atoms with Crippen LogP contribution in [-0.4, -0.2) is 54.3 Å². The van der Waals surface area contributed by atoms with E-state index in [9.17, 15) is 9.59 Å². The lowest BCUT2D eigenvalue weighted by molar-refractivity contribution is -0.160. The minimum absolute atomic E-state index is 0.0378. The number of esters is 1. The van der Waals surface area contributed by atoms with Gasteiger partial charge in [-0.1, -0.05) is 12.1 Å². The summed E-state index contributed by atoms with van der Waals surface area (Å²) in [5, 5.41) is 0. The zero-order chi connectivity index (χ0) is 21.4. The van der Waals surface area contributed by atoms with Crippen LogP contribution < -0.4 is 4.74 Å². The van der Waals surface area contributed by atoms with Crippen LogP contribution in [-0.2, 0) is 20.7 Å². The number of pyridine rings is 1. The van der Waals surface area contributed by atoms with Crippen LogP contribution in [0.4, 0.5) is 0 Å². The van der Waals surface area contributed by atoms with Gasteiger partial charge in [0, 0.05) is 30.4 Å². The van der Waals surface area contributed by atoms with E-state index in [1.54, 1.807) is 19.5 Å². The molecular formula is C23H28N2O4S. The van der Waals surface area contributed by atoms with Crippen LogP contribution in [0.3, 0.4) is 0 Å². The van der Waals surface area contributed by atoms with Gasteiger partial charge in [-0.05, 0) is 56.0 Å². The van der Waals surface area contributed by atoms with Crippen molar-refractivity contribution in [2.75, 3.05) is 32.6 Å². The molecule has 0 unspecified atom stereocenters. The summed E-state index contributed by atoms with van der Waals surface area (Å²) >= 11 is 1.49. The number of likely N-dealkylation sites (tertiary alicyclic amines) is 1. The molecule has 0 radical (unpaired) electrons. The minimum atomic E-state index is -0.738. The Morgan fingerprint density at radius 3 is 2.77 bits per heavy atom. The molecule has 2 heterocycles. The van der Waals surface area contributed by atoms with Crippen LogP contribution in [0, 0.1) is 5.41 Å². The molecule has 1 aliphatic rings. The van der Waals surface area contributed by atoms with Gasteiger partial charge in [0.1, 0.15) is 5.75 Å². The second-order valence-corrected chi connectivity index (χ2v) is 8.47. The third-order valence-electron chi connectivity index (χ3n) is 5.33. The molecule has 0 aliphatic carbocycles. The van der Waals surface area contributed by atoms with Crippen LogP contribution >= 0.6 is 11.8 Å². The maximum Gasteiger partial charge on any atom is 0.314 e. The molecule has 1 amide bonds. The average Bonchev–Trinajstić information content (AvgIpc) is 2.78. The van der Waals surface area contributed by atoms with Gasteiger partial charge < -0.3 is 14.4 Å². The molecule has 6 nitrogen and oxygen atoms in total. The molecule has 1 saturated heterocycles. The number of piperidine rings is 1. The molecule has 1 fully saturated rings. The quantitative estimate of drug-likeness (QED) is 0.473. The number of carbonyl (C=O) groups is 2. The Bertz CT molecular complexity index is 861. The highest BCUT2D eigenvalue weighted by molar-refractivity contribution is 8.00. The molecule has 1 aliphatic heterocycles. The normalized spacial score (nSPS) is 18.7. The number of aromatic nitrogens is 1. The topological polar surface area (TPSA) is 68.7 Å². The van der Waals surface area contributed by atoms with Crippen molar-refractivity contribution in [2.24, 2.45) is 5.41 Å². The fraction of sp³-hybridized carbons (Fsp3) is 0.435. The number of thioether (sulfide) groups is 1. The summed E-state index contributed by atoms with van der Waals surface area (Å²) in [5.74, 6) is 0.897. The zero-order valence-corrected chi connectivity index (χ0v) is 18.3. The molecule has 7 heteroatoms. The summed E-state index contributed by atoms with van der Waals surface area (Å²) in [4.78, 5) is 32.8. The second kappa shape index (κ2) is 10.5. The van der Waals surface area contributed by atoms with Gasteiger partial charge in [0.05, 0.1) is 24.9 Å². The first-order chi connectivity index (χ1) is 14.6. The van der Waals surface area contributed by atoms with Gasteiger partial charge in [-0.3, -0.25) is 14.6 Å². The predicted octanol–water partition coefficient (Wildman–Crippen LogP) is 3.60. The summed E-state index contributed by atoms with van der Waals surface area (Å²) in [6.07, 6.45) is 5.42. The van der Waals surface area contributed by atoms with E-state index in [1.807, 2.05) is 48.2 Å². The standard InChI is InChI=1S/C23H28N2O4S/c1-3-29-22(27)23(15-18-6-4-7-19(14-18)28-2)10-5-13-25(17-23)21(26)16-30-20-8-11-24-12-9-20/h4,6-9,11-12,14H,3,5,10,13,15-17H2,1-2H3/t23-/m1/s1. The molecule has 30 heavy (non-hydrogen) atoms. The van der Waals surface area contributed by atoms with E-state index in [-0.39, 0.29) is 11.9 Å². The molecular weight excluding hydrogens is 400 g/mol. The maximum atomic E-state index is 13.0. The molecule has 1 atom stereocenters. The summed E-state index contributed by atoms with van der Waals surface area (Å²) in [6.45, 7) is 3.17. The monoisotopic (exact) mass is 428 g/mol. The largest absolute Gasteiger partial charge is 0.497 e. The highest BCUT2D eigenvalue weighted by Crippen LogP contribution is 2.36. The van der Waals surface area contributed by atoms with Gasteiger partial charge in [0.15, 0.2) is 0 Å². The second-order valence-electron chi connectivity index (χ2n) is 7.42. The fourth-order valence-corrected chi connectivity index (χ4v) is 4.64. The number of benzene rings is 1. The number of hydrogen-bond donors (Lipinski definition) is 0. The summed E-state index contributed by atoms with van der Waals surface area (Å²) in [7, 11) is 1.63. The zero-order valence-electron chi connectivity index (χ0n) is 17.5. The highest BCUT2D eigenvalue weighted by Gasteiger charge is 2.44. The minimum Gasteiger partial charge on any atom is -0.497 e. The number of nitrogens with zero attached hydrogens (tertiary/aromatic N) is 2. The molecule has 0 spiro atoms. The van der Waals surface area contributed by atoms with Gasteiger partial charge in [-0.15, -0.1) is 11.8 Å². The maximum absolute atomic E-state index is 13.0. The smallest absolute Gasteiger partial charge is 0.314 e. The lowest BCUT2D eigenvalue weighted by atomic mass is 9.75. The van der Waals surface area contributed by atoms with Crippen molar-refractivity contribution in [1.82, 2.24) is 9.88 Å². The van der Waals surface area contributed by atoms with Gasteiger partial charge in [0.2, 0.25) is 5.91 Å². The summed E-state index contributed by atoms with van der Waals surface area (Å²) in [5.41, 5.74) is 0.264. The fourth-order valence-electron chi connectivity index (χ4n) is 3.86. The van der Waals surface area contributed by atoms with Crippen LogP contribution in [0.25, 0.3) is 0 Å². The Balaban J connectivity index is 1.75. The van der Waals surface area contributed by atoms with E-state index in [1.165, 1.54) is 11.8 Å². The van der Waals surface area contributed by atoms with Gasteiger partial charge in [0.25, 0.3) is 0 Å². The van der Waals surface area contributed by atoms with Crippen LogP contribution in [0.5, 0.6) is 5.75 Å². The Morgan fingerprint density at radius 1 is 1.23 bits per heavy atom. The number of rotatable bonds is 8. The number of methoxy groups -OCH3 is 1. The van der Waals surface area contributed by atoms with Crippen LogP contribution in [0.1, 0.15) is 25.3 Å². The van der Waals surface area contributed by atoms with E-state index in [2.05, 4.69) is 4.98 Å². The van der Waals surface area contributed by atoms with Crippen LogP contribution in [0.2, 0.25) is 0 Å². The number of carbonyl (C=O) groups excluding carboxylic acids is 2. The molecule has 3 rings (SSSR count). The SMILES string of the molecule is CCOC(=O)[C@@]1(Cc2cccc(OC)c2)CCCN(C(=O)CSc2ccncc2)C1. The van der Waals surface area contributed by atoms with Crippen LogP contribution in [0.15, 0.2) is 53.7 Å². The van der Waals surface area contributed by atoms with Crippen molar-refractivity contribution in [1.29, 1.82) is 0 Å². The molecule has 1 aromatic heterocycles. The number of amides is 1. The average molecular weight is 429 g/mol. The number of hydrogen-bond acceptors (Lipinski definition) is 6. The van der Waals surface area contributed by atoms with Gasteiger partial charge >= 0.3 is 5.97 Å². The van der Waals surface area contributed by atoms with E-state index in [0.29, 0.717) is 38.3 Å². The lowest BCUT2D eigenvalue weighted by Crippen LogP contribution is -2.52. The van der Waals surface area contributed by atoms with Crippen molar-refractivity contribution >= 4 is 23.6 Å². The third-order valence-corrected chi connectivity index (χ3v) is 6.32. The summed E-state index contributed by atoms with van der Waals surface area (Å²) in [6, 6.07) is 11.5. The highest BCUT2D eigenvalue weighted by atomic mass is 32.2. The first-order valence-corrected chi connectivity index (χ1v) is 11.2. The Morgan fingerprint density at radius 2 is 2.03 bits per heavy atom. The van der Waals surface area contributed by atoms with E-state index < -0.39 is 5.41 Å². The van der Waals surface area contributed by atoms with E-state index in [0.717, 1.165) is 22.6 Å².